The van der Waals surface area contributed by atoms with Crippen LogP contribution in [-0.2, 0) is 14.8 Å². The van der Waals surface area contributed by atoms with Crippen LogP contribution in [0.25, 0.3) is 0 Å². The molecule has 0 saturated heterocycles. The van der Waals surface area contributed by atoms with Gasteiger partial charge in [-0.05, 0) is 26.2 Å². The molecule has 0 heterocycles. The van der Waals surface area contributed by atoms with E-state index >= 15 is 0 Å². The number of ether oxygens (including phenoxy) is 1. The predicted octanol–water partition coefficient (Wildman–Crippen LogP) is 0.861. The van der Waals surface area contributed by atoms with Gasteiger partial charge in [0.2, 0.25) is 10.0 Å². The van der Waals surface area contributed by atoms with Gasteiger partial charge in [0.25, 0.3) is 0 Å². The molecule has 2 unspecified atom stereocenters. The van der Waals surface area contributed by atoms with E-state index in [1.165, 1.54) is 12.8 Å². The lowest BCUT2D eigenvalue weighted by Gasteiger charge is -2.21. The van der Waals surface area contributed by atoms with Crippen LogP contribution in [0.15, 0.2) is 0 Å². The second kappa shape index (κ2) is 7.43. The van der Waals surface area contributed by atoms with E-state index in [9.17, 15) is 8.42 Å². The summed E-state index contributed by atoms with van der Waals surface area (Å²) in [6.45, 7) is 4.73. The Labute approximate surface area is 111 Å². The van der Waals surface area contributed by atoms with E-state index in [-0.39, 0.29) is 6.04 Å². The number of rotatable bonds is 10. The fourth-order valence-electron chi connectivity index (χ4n) is 1.80. The second-order valence-corrected chi connectivity index (χ2v) is 7.23. The third-order valence-electron chi connectivity index (χ3n) is 3.14. The van der Waals surface area contributed by atoms with Crippen molar-refractivity contribution in [2.24, 2.45) is 0 Å². The minimum atomic E-state index is -3.26. The summed E-state index contributed by atoms with van der Waals surface area (Å²) in [5.74, 6) is 0. The molecule has 0 aromatic carbocycles. The van der Waals surface area contributed by atoms with E-state index in [1.54, 1.807) is 14.0 Å². The number of sulfonamides is 1. The first-order valence-electron chi connectivity index (χ1n) is 6.73. The molecule has 1 saturated carbocycles. The van der Waals surface area contributed by atoms with Crippen LogP contribution in [0, 0.1) is 0 Å². The van der Waals surface area contributed by atoms with Crippen LogP contribution in [0.4, 0.5) is 0 Å². The van der Waals surface area contributed by atoms with E-state index in [2.05, 4.69) is 10.0 Å². The molecule has 6 heteroatoms. The van der Waals surface area contributed by atoms with Gasteiger partial charge >= 0.3 is 0 Å². The average Bonchev–Trinajstić information content (AvgIpc) is 3.09. The van der Waals surface area contributed by atoms with Crippen molar-refractivity contribution >= 4 is 10.0 Å². The highest BCUT2D eigenvalue weighted by atomic mass is 32.2. The summed E-state index contributed by atoms with van der Waals surface area (Å²) in [6, 6.07) is 0.418. The lowest BCUT2D eigenvalue weighted by molar-refractivity contribution is 0.171. The fourth-order valence-corrected chi connectivity index (χ4v) is 3.00. The van der Waals surface area contributed by atoms with Crippen LogP contribution in [0.5, 0.6) is 0 Å². The Balaban J connectivity index is 2.42. The lowest BCUT2D eigenvalue weighted by atomic mass is 10.2. The Bertz CT molecular complexity index is 322. The Morgan fingerprint density at radius 3 is 2.56 bits per heavy atom. The lowest BCUT2D eigenvalue weighted by Crippen LogP contribution is -2.45. The van der Waals surface area contributed by atoms with Crippen LogP contribution in [0.2, 0.25) is 0 Å². The van der Waals surface area contributed by atoms with Gasteiger partial charge in [-0.25, -0.2) is 13.1 Å². The largest absolute Gasteiger partial charge is 0.383 e. The molecular weight excluding hydrogens is 252 g/mol. The van der Waals surface area contributed by atoms with Gasteiger partial charge in [0, 0.05) is 25.7 Å². The number of hydrogen-bond donors (Lipinski definition) is 2. The van der Waals surface area contributed by atoms with Crippen molar-refractivity contribution in [3.05, 3.63) is 0 Å². The van der Waals surface area contributed by atoms with Crippen LogP contribution in [0.1, 0.15) is 39.5 Å². The summed E-state index contributed by atoms with van der Waals surface area (Å²) < 4.78 is 32.0. The molecule has 5 nitrogen and oxygen atoms in total. The van der Waals surface area contributed by atoms with Crippen LogP contribution >= 0.6 is 0 Å². The molecule has 0 bridgehead atoms. The molecular formula is C12H26N2O3S. The Hall–Kier alpha value is -0.170. The minimum absolute atomic E-state index is 0.117. The molecule has 0 aromatic rings. The Kier molecular flexibility index (Phi) is 6.55. The van der Waals surface area contributed by atoms with E-state index in [4.69, 9.17) is 4.74 Å². The van der Waals surface area contributed by atoms with Gasteiger partial charge in [-0.3, -0.25) is 0 Å². The molecule has 1 fully saturated rings. The molecule has 2 N–H and O–H groups in total. The van der Waals surface area contributed by atoms with Crippen molar-refractivity contribution < 1.29 is 13.2 Å². The third kappa shape index (κ3) is 5.65. The molecule has 1 rings (SSSR count). The molecule has 1 aliphatic carbocycles. The van der Waals surface area contributed by atoms with Gasteiger partial charge in [-0.1, -0.05) is 13.3 Å². The van der Waals surface area contributed by atoms with Crippen molar-refractivity contribution in [3.8, 4) is 0 Å². The highest BCUT2D eigenvalue weighted by Crippen LogP contribution is 2.18. The van der Waals surface area contributed by atoms with Crippen molar-refractivity contribution in [2.45, 2.75) is 56.9 Å². The van der Waals surface area contributed by atoms with E-state index in [0.29, 0.717) is 19.2 Å². The highest BCUT2D eigenvalue weighted by Gasteiger charge is 2.27. The van der Waals surface area contributed by atoms with Gasteiger partial charge in [0.15, 0.2) is 0 Å². The van der Waals surface area contributed by atoms with Crippen LogP contribution in [0.3, 0.4) is 0 Å². The number of methoxy groups -OCH3 is 1. The molecule has 1 aliphatic rings. The maximum absolute atomic E-state index is 12.1. The quantitative estimate of drug-likeness (QED) is 0.622. The first kappa shape index (κ1) is 15.9. The van der Waals surface area contributed by atoms with Crippen molar-refractivity contribution in [2.75, 3.05) is 20.3 Å². The van der Waals surface area contributed by atoms with Crippen LogP contribution in [-0.4, -0.2) is 46.0 Å². The molecule has 0 aromatic heterocycles. The molecule has 108 valence electrons. The van der Waals surface area contributed by atoms with Crippen molar-refractivity contribution in [1.82, 2.24) is 10.0 Å². The van der Waals surface area contributed by atoms with Gasteiger partial charge < -0.3 is 10.1 Å². The Morgan fingerprint density at radius 2 is 2.06 bits per heavy atom. The number of hydrogen-bond acceptors (Lipinski definition) is 4. The Morgan fingerprint density at radius 1 is 1.39 bits per heavy atom. The van der Waals surface area contributed by atoms with E-state index < -0.39 is 15.3 Å². The molecule has 0 radical (unpaired) electrons. The maximum Gasteiger partial charge on any atom is 0.215 e. The zero-order valence-corrected chi connectivity index (χ0v) is 12.4. The zero-order valence-electron chi connectivity index (χ0n) is 11.6. The first-order valence-corrected chi connectivity index (χ1v) is 8.27. The normalized spacial score (nSPS) is 19.7. The summed E-state index contributed by atoms with van der Waals surface area (Å²) in [4.78, 5) is 0. The van der Waals surface area contributed by atoms with Gasteiger partial charge in [-0.15, -0.1) is 0 Å². The minimum Gasteiger partial charge on any atom is -0.383 e. The SMILES string of the molecule is CCCC(COC)NS(=O)(=O)C(C)CNC1CC1. The van der Waals surface area contributed by atoms with Crippen LogP contribution < -0.4 is 10.0 Å². The smallest absolute Gasteiger partial charge is 0.215 e. The third-order valence-corrected chi connectivity index (χ3v) is 5.02. The molecule has 0 amide bonds. The fraction of sp³-hybridized carbons (Fsp3) is 1.00. The average molecular weight is 278 g/mol. The topological polar surface area (TPSA) is 67.4 Å². The maximum atomic E-state index is 12.1. The predicted molar refractivity (Wildman–Crippen MR) is 73.1 cm³/mol. The molecule has 0 spiro atoms. The van der Waals surface area contributed by atoms with E-state index in [1.807, 2.05) is 6.92 Å². The monoisotopic (exact) mass is 278 g/mol. The highest BCUT2D eigenvalue weighted by molar-refractivity contribution is 7.90. The summed E-state index contributed by atoms with van der Waals surface area (Å²) >= 11 is 0. The first-order chi connectivity index (χ1) is 8.49. The summed E-state index contributed by atoms with van der Waals surface area (Å²) in [5, 5.41) is 2.84. The summed E-state index contributed by atoms with van der Waals surface area (Å²) in [7, 11) is -1.67. The zero-order chi connectivity index (χ0) is 13.6. The van der Waals surface area contributed by atoms with E-state index in [0.717, 1.165) is 12.8 Å². The number of nitrogens with one attached hydrogen (secondary N) is 2. The van der Waals surface area contributed by atoms with Crippen molar-refractivity contribution in [1.29, 1.82) is 0 Å². The second-order valence-electron chi connectivity index (χ2n) is 5.10. The standard InChI is InChI=1S/C12H26N2O3S/c1-4-5-12(9-17-3)14-18(15,16)10(2)8-13-11-6-7-11/h10-14H,4-9H2,1-3H3. The summed E-state index contributed by atoms with van der Waals surface area (Å²) in [6.07, 6.45) is 4.08. The molecule has 18 heavy (non-hydrogen) atoms. The van der Waals surface area contributed by atoms with Gasteiger partial charge in [0.05, 0.1) is 11.9 Å². The van der Waals surface area contributed by atoms with Crippen molar-refractivity contribution in [3.63, 3.8) is 0 Å². The van der Waals surface area contributed by atoms with Gasteiger partial charge in [-0.2, -0.15) is 0 Å². The summed E-state index contributed by atoms with van der Waals surface area (Å²) in [5.41, 5.74) is 0. The van der Waals surface area contributed by atoms with Gasteiger partial charge in [0.1, 0.15) is 0 Å². The molecule has 2 atom stereocenters. The molecule has 0 aliphatic heterocycles.